The number of amides is 1. The van der Waals surface area contributed by atoms with Crippen molar-refractivity contribution >= 4 is 34.8 Å². The lowest BCUT2D eigenvalue weighted by molar-refractivity contribution is -0.385. The van der Waals surface area contributed by atoms with Gasteiger partial charge in [0, 0.05) is 17.7 Å². The summed E-state index contributed by atoms with van der Waals surface area (Å²) in [6.07, 6.45) is 5.96. The molecule has 0 atom stereocenters. The first-order chi connectivity index (χ1) is 15.1. The van der Waals surface area contributed by atoms with Gasteiger partial charge in [0.15, 0.2) is 5.76 Å². The highest BCUT2D eigenvalue weighted by Gasteiger charge is 2.14. The minimum Gasteiger partial charge on any atom is -0.463 e. The zero-order chi connectivity index (χ0) is 21.6. The molecule has 0 aliphatic heterocycles. The van der Waals surface area contributed by atoms with Crippen LogP contribution in [0.5, 0.6) is 0 Å². The van der Waals surface area contributed by atoms with Gasteiger partial charge in [-0.3, -0.25) is 14.9 Å². The Morgan fingerprint density at radius 3 is 2.71 bits per heavy atom. The Morgan fingerprint density at radius 2 is 1.90 bits per heavy atom. The molecular formula is C23H16N4O4. The van der Waals surface area contributed by atoms with Crippen LogP contribution in [0.3, 0.4) is 0 Å². The standard InChI is InChI=1S/C23H16N4O4/c28-23(26-24-13-5-8-16-7-1-4-11-21(16)27(29)30)18-15-20(22-12-6-14-31-22)25-19-10-3-2-9-17(18)19/h1-15H,(H,26,28). The Labute approximate surface area is 176 Å². The lowest BCUT2D eigenvalue weighted by Gasteiger charge is -2.07. The van der Waals surface area contributed by atoms with Crippen molar-refractivity contribution < 1.29 is 14.1 Å². The van der Waals surface area contributed by atoms with Crippen molar-refractivity contribution in [3.05, 3.63) is 100 Å². The number of aromatic nitrogens is 1. The number of rotatable bonds is 6. The van der Waals surface area contributed by atoms with E-state index in [0.29, 0.717) is 33.5 Å². The fraction of sp³-hybridized carbons (Fsp3) is 0. The predicted octanol–water partition coefficient (Wildman–Crippen LogP) is 4.83. The number of carbonyl (C=O) groups is 1. The molecule has 152 valence electrons. The van der Waals surface area contributed by atoms with Crippen LogP contribution < -0.4 is 5.43 Å². The number of nitro benzene ring substituents is 1. The molecular weight excluding hydrogens is 396 g/mol. The molecule has 0 fully saturated rings. The Kier molecular flexibility index (Phi) is 5.62. The molecule has 0 aliphatic carbocycles. The van der Waals surface area contributed by atoms with Gasteiger partial charge in [-0.15, -0.1) is 0 Å². The highest BCUT2D eigenvalue weighted by atomic mass is 16.6. The van der Waals surface area contributed by atoms with Crippen molar-refractivity contribution in [3.63, 3.8) is 0 Å². The second-order valence-corrected chi connectivity index (χ2v) is 6.44. The van der Waals surface area contributed by atoms with Gasteiger partial charge in [-0.05, 0) is 42.5 Å². The van der Waals surface area contributed by atoms with Gasteiger partial charge in [0.1, 0.15) is 5.69 Å². The molecule has 0 bridgehead atoms. The number of nitro groups is 1. The van der Waals surface area contributed by atoms with Crippen molar-refractivity contribution in [1.82, 2.24) is 10.4 Å². The van der Waals surface area contributed by atoms with E-state index < -0.39 is 10.8 Å². The summed E-state index contributed by atoms with van der Waals surface area (Å²) in [5, 5.41) is 15.6. The van der Waals surface area contributed by atoms with Gasteiger partial charge in [0.05, 0.1) is 27.8 Å². The largest absolute Gasteiger partial charge is 0.463 e. The van der Waals surface area contributed by atoms with Crippen LogP contribution in [0.25, 0.3) is 28.4 Å². The van der Waals surface area contributed by atoms with E-state index in [4.69, 9.17) is 4.42 Å². The zero-order valence-corrected chi connectivity index (χ0v) is 16.1. The summed E-state index contributed by atoms with van der Waals surface area (Å²) in [7, 11) is 0. The predicted molar refractivity (Wildman–Crippen MR) is 118 cm³/mol. The van der Waals surface area contributed by atoms with Crippen molar-refractivity contribution in [1.29, 1.82) is 0 Å². The maximum Gasteiger partial charge on any atom is 0.276 e. The average Bonchev–Trinajstić information content (AvgIpc) is 3.33. The summed E-state index contributed by atoms with van der Waals surface area (Å²) in [5.74, 6) is 0.137. The molecule has 0 aliphatic rings. The zero-order valence-electron chi connectivity index (χ0n) is 16.1. The molecule has 0 radical (unpaired) electrons. The van der Waals surface area contributed by atoms with Crippen LogP contribution in [0.15, 0.2) is 88.6 Å². The molecule has 8 nitrogen and oxygen atoms in total. The molecule has 0 saturated heterocycles. The number of benzene rings is 2. The number of para-hydroxylation sites is 2. The molecule has 8 heteroatoms. The first kappa shape index (κ1) is 19.7. The SMILES string of the molecule is O=C(NN=CC=Cc1ccccc1[N+](=O)[O-])c1cc(-c2ccco2)nc2ccccc12. The fourth-order valence-electron chi connectivity index (χ4n) is 3.05. The smallest absolute Gasteiger partial charge is 0.276 e. The van der Waals surface area contributed by atoms with Crippen LogP contribution >= 0.6 is 0 Å². The van der Waals surface area contributed by atoms with Crippen LogP contribution in [0, 0.1) is 10.1 Å². The molecule has 0 unspecified atom stereocenters. The van der Waals surface area contributed by atoms with Crippen LogP contribution in [0.2, 0.25) is 0 Å². The topological polar surface area (TPSA) is 111 Å². The summed E-state index contributed by atoms with van der Waals surface area (Å²) in [5.41, 5.74) is 4.49. The number of furan rings is 1. The molecule has 0 spiro atoms. The van der Waals surface area contributed by atoms with E-state index in [2.05, 4.69) is 15.5 Å². The van der Waals surface area contributed by atoms with E-state index in [-0.39, 0.29) is 5.69 Å². The van der Waals surface area contributed by atoms with Crippen LogP contribution in [0.1, 0.15) is 15.9 Å². The second-order valence-electron chi connectivity index (χ2n) is 6.44. The lowest BCUT2D eigenvalue weighted by Crippen LogP contribution is -2.18. The summed E-state index contributed by atoms with van der Waals surface area (Å²) >= 11 is 0. The number of carbonyl (C=O) groups excluding carboxylic acids is 1. The molecule has 2 aromatic carbocycles. The van der Waals surface area contributed by atoms with E-state index in [9.17, 15) is 14.9 Å². The van der Waals surface area contributed by atoms with Gasteiger partial charge in [-0.2, -0.15) is 5.10 Å². The van der Waals surface area contributed by atoms with Gasteiger partial charge in [0.2, 0.25) is 0 Å². The molecule has 1 N–H and O–H groups in total. The number of allylic oxidation sites excluding steroid dienone is 1. The fourth-order valence-corrected chi connectivity index (χ4v) is 3.05. The quantitative estimate of drug-likeness (QED) is 0.277. The van der Waals surface area contributed by atoms with E-state index in [1.54, 1.807) is 54.8 Å². The molecule has 0 saturated carbocycles. The third kappa shape index (κ3) is 4.38. The Hall–Kier alpha value is -4.59. The van der Waals surface area contributed by atoms with E-state index in [0.717, 1.165) is 0 Å². The highest BCUT2D eigenvalue weighted by molar-refractivity contribution is 6.07. The monoisotopic (exact) mass is 412 g/mol. The molecule has 4 aromatic rings. The number of hydrogen-bond donors (Lipinski definition) is 1. The summed E-state index contributed by atoms with van der Waals surface area (Å²) < 4.78 is 5.40. The minimum atomic E-state index is -0.455. The van der Waals surface area contributed by atoms with Gasteiger partial charge in [-0.1, -0.05) is 30.3 Å². The molecule has 4 rings (SSSR count). The normalized spacial score (nSPS) is 11.4. The van der Waals surface area contributed by atoms with Crippen molar-refractivity contribution in [2.75, 3.05) is 0 Å². The summed E-state index contributed by atoms with van der Waals surface area (Å²) in [4.78, 5) is 27.9. The highest BCUT2D eigenvalue weighted by Crippen LogP contribution is 2.25. The molecule has 2 heterocycles. The Morgan fingerprint density at radius 1 is 1.10 bits per heavy atom. The van der Waals surface area contributed by atoms with Gasteiger partial charge in [-0.25, -0.2) is 10.4 Å². The first-order valence-corrected chi connectivity index (χ1v) is 9.30. The summed E-state index contributed by atoms with van der Waals surface area (Å²) in [6.45, 7) is 0. The number of pyridine rings is 1. The number of nitrogens with zero attached hydrogens (tertiary/aromatic N) is 3. The van der Waals surface area contributed by atoms with Crippen LogP contribution in [0.4, 0.5) is 5.69 Å². The maximum absolute atomic E-state index is 12.8. The van der Waals surface area contributed by atoms with E-state index >= 15 is 0 Å². The maximum atomic E-state index is 12.8. The van der Waals surface area contributed by atoms with Gasteiger partial charge >= 0.3 is 0 Å². The summed E-state index contributed by atoms with van der Waals surface area (Å²) in [6, 6.07) is 18.8. The second kappa shape index (κ2) is 8.83. The lowest BCUT2D eigenvalue weighted by atomic mass is 10.1. The van der Waals surface area contributed by atoms with Crippen LogP contribution in [-0.4, -0.2) is 22.0 Å². The molecule has 31 heavy (non-hydrogen) atoms. The number of nitrogens with one attached hydrogen (secondary N) is 1. The average molecular weight is 412 g/mol. The van der Waals surface area contributed by atoms with E-state index in [1.165, 1.54) is 18.4 Å². The van der Waals surface area contributed by atoms with Crippen LogP contribution in [-0.2, 0) is 0 Å². The van der Waals surface area contributed by atoms with E-state index in [1.807, 2.05) is 18.2 Å². The van der Waals surface area contributed by atoms with Crippen molar-refractivity contribution in [2.24, 2.45) is 5.10 Å². The molecule has 1 amide bonds. The van der Waals surface area contributed by atoms with Crippen molar-refractivity contribution in [3.8, 4) is 11.5 Å². The number of hydrazone groups is 1. The van der Waals surface area contributed by atoms with Gasteiger partial charge in [0.25, 0.3) is 11.6 Å². The third-order valence-electron chi connectivity index (χ3n) is 4.47. The minimum absolute atomic E-state index is 0.00936. The van der Waals surface area contributed by atoms with Crippen molar-refractivity contribution in [2.45, 2.75) is 0 Å². The third-order valence-corrected chi connectivity index (χ3v) is 4.47. The first-order valence-electron chi connectivity index (χ1n) is 9.30. The number of fused-ring (bicyclic) bond motifs is 1. The Balaban J connectivity index is 1.54. The number of hydrogen-bond acceptors (Lipinski definition) is 6. The Bertz CT molecular complexity index is 1310. The van der Waals surface area contributed by atoms with Gasteiger partial charge < -0.3 is 4.42 Å². The molecule has 2 aromatic heterocycles.